The van der Waals surface area contributed by atoms with Crippen LogP contribution in [0.5, 0.6) is 0 Å². The number of hydrogen-bond donors (Lipinski definition) is 2. The first-order valence-electron chi connectivity index (χ1n) is 5.54. The number of aromatic nitrogens is 2. The lowest BCUT2D eigenvalue weighted by molar-refractivity contribution is 0.101. The Hall–Kier alpha value is -2.28. The number of amides is 2. The predicted octanol–water partition coefficient (Wildman–Crippen LogP) is 2.69. The largest absolute Gasteiger partial charge is 0.325 e. The van der Waals surface area contributed by atoms with Crippen molar-refractivity contribution in [2.75, 3.05) is 10.6 Å². The molecule has 0 saturated heterocycles. The first-order valence-corrected chi connectivity index (χ1v) is 6.35. The highest BCUT2D eigenvalue weighted by molar-refractivity contribution is 7.15. The second-order valence-electron chi connectivity index (χ2n) is 3.84. The Kier molecular flexibility index (Phi) is 3.86. The Morgan fingerprint density at radius 2 is 1.79 bits per heavy atom. The summed E-state index contributed by atoms with van der Waals surface area (Å²) in [7, 11) is 0. The van der Waals surface area contributed by atoms with Gasteiger partial charge in [0.1, 0.15) is 5.01 Å². The van der Waals surface area contributed by atoms with Crippen LogP contribution in [0.15, 0.2) is 24.3 Å². The van der Waals surface area contributed by atoms with Gasteiger partial charge >= 0.3 is 6.03 Å². The van der Waals surface area contributed by atoms with Crippen LogP contribution in [0.4, 0.5) is 15.6 Å². The van der Waals surface area contributed by atoms with Crippen LogP contribution < -0.4 is 10.6 Å². The summed E-state index contributed by atoms with van der Waals surface area (Å²) in [6, 6.07) is 6.26. The first-order chi connectivity index (χ1) is 9.04. The minimum Gasteiger partial charge on any atom is -0.308 e. The number of urea groups is 1. The summed E-state index contributed by atoms with van der Waals surface area (Å²) < 4.78 is 0. The van der Waals surface area contributed by atoms with Crippen molar-refractivity contribution < 1.29 is 9.59 Å². The predicted molar refractivity (Wildman–Crippen MR) is 73.7 cm³/mol. The van der Waals surface area contributed by atoms with Crippen molar-refractivity contribution in [1.29, 1.82) is 0 Å². The average Bonchev–Trinajstić information content (AvgIpc) is 2.75. The molecule has 7 heteroatoms. The quantitative estimate of drug-likeness (QED) is 0.844. The van der Waals surface area contributed by atoms with Crippen LogP contribution >= 0.6 is 11.3 Å². The van der Waals surface area contributed by atoms with Gasteiger partial charge in [0, 0.05) is 11.3 Å². The van der Waals surface area contributed by atoms with Gasteiger partial charge in [0.05, 0.1) is 0 Å². The zero-order valence-electron chi connectivity index (χ0n) is 10.4. The van der Waals surface area contributed by atoms with Gasteiger partial charge in [0.2, 0.25) is 5.13 Å². The summed E-state index contributed by atoms with van der Waals surface area (Å²) in [6.45, 7) is 3.30. The molecule has 0 unspecified atom stereocenters. The third-order valence-corrected chi connectivity index (χ3v) is 3.05. The van der Waals surface area contributed by atoms with Crippen molar-refractivity contribution in [2.24, 2.45) is 0 Å². The van der Waals surface area contributed by atoms with E-state index in [1.54, 1.807) is 31.2 Å². The standard InChI is InChI=1S/C12H12N4O2S/c1-7(17)9-3-5-10(6-4-9)13-11(18)14-12-16-15-8(2)19-12/h3-6H,1-2H3,(H2,13,14,16,18). The molecule has 0 fully saturated rings. The third-order valence-electron chi connectivity index (χ3n) is 2.30. The molecule has 0 spiro atoms. The molecule has 1 aromatic carbocycles. The van der Waals surface area contributed by atoms with Gasteiger partial charge in [0.25, 0.3) is 0 Å². The Morgan fingerprint density at radius 3 is 2.32 bits per heavy atom. The summed E-state index contributed by atoms with van der Waals surface area (Å²) in [4.78, 5) is 22.8. The van der Waals surface area contributed by atoms with Crippen LogP contribution in [-0.2, 0) is 0 Å². The van der Waals surface area contributed by atoms with Crippen molar-refractivity contribution in [3.63, 3.8) is 0 Å². The molecule has 0 bridgehead atoms. The van der Waals surface area contributed by atoms with Gasteiger partial charge in [-0.2, -0.15) is 0 Å². The molecule has 2 aromatic rings. The molecule has 6 nitrogen and oxygen atoms in total. The highest BCUT2D eigenvalue weighted by Gasteiger charge is 2.06. The number of benzene rings is 1. The number of carbonyl (C=O) groups is 2. The van der Waals surface area contributed by atoms with Gasteiger partial charge in [0.15, 0.2) is 5.78 Å². The molecule has 0 atom stereocenters. The average molecular weight is 276 g/mol. The number of carbonyl (C=O) groups excluding carboxylic acids is 2. The van der Waals surface area contributed by atoms with Gasteiger partial charge in [-0.3, -0.25) is 10.1 Å². The Labute approximate surface area is 113 Å². The molecule has 1 aromatic heterocycles. The number of anilines is 2. The minimum atomic E-state index is -0.397. The molecule has 2 rings (SSSR count). The highest BCUT2D eigenvalue weighted by atomic mass is 32.1. The van der Waals surface area contributed by atoms with Gasteiger partial charge in [-0.05, 0) is 38.1 Å². The van der Waals surface area contributed by atoms with E-state index in [0.29, 0.717) is 16.4 Å². The molecule has 2 amide bonds. The summed E-state index contributed by atoms with van der Waals surface area (Å²) in [6.07, 6.45) is 0. The second kappa shape index (κ2) is 5.57. The van der Waals surface area contributed by atoms with E-state index in [1.165, 1.54) is 18.3 Å². The molecule has 0 aliphatic heterocycles. The molecule has 19 heavy (non-hydrogen) atoms. The maximum Gasteiger partial charge on any atom is 0.325 e. The van der Waals surface area contributed by atoms with Crippen LogP contribution in [0, 0.1) is 6.92 Å². The van der Waals surface area contributed by atoms with Crippen LogP contribution in [0.2, 0.25) is 0 Å². The van der Waals surface area contributed by atoms with Crippen molar-refractivity contribution >= 4 is 34.0 Å². The van der Waals surface area contributed by atoms with Crippen LogP contribution in [0.1, 0.15) is 22.3 Å². The third kappa shape index (κ3) is 3.59. The summed E-state index contributed by atoms with van der Waals surface area (Å²) >= 11 is 1.29. The smallest absolute Gasteiger partial charge is 0.308 e. The fourth-order valence-corrected chi connectivity index (χ4v) is 1.98. The fourth-order valence-electron chi connectivity index (χ4n) is 1.39. The SMILES string of the molecule is CC(=O)c1ccc(NC(=O)Nc2nnc(C)s2)cc1. The van der Waals surface area contributed by atoms with E-state index in [0.717, 1.165) is 5.01 Å². The number of Topliss-reactive ketones (excluding diaryl/α,β-unsaturated/α-hetero) is 1. The number of nitrogens with zero attached hydrogens (tertiary/aromatic N) is 2. The number of aryl methyl sites for hydroxylation is 1. The van der Waals surface area contributed by atoms with Gasteiger partial charge in [-0.1, -0.05) is 11.3 Å². The Balaban J connectivity index is 1.97. The number of rotatable bonds is 3. The van der Waals surface area contributed by atoms with Crippen molar-refractivity contribution in [3.8, 4) is 0 Å². The lowest BCUT2D eigenvalue weighted by Crippen LogP contribution is -2.19. The molecule has 2 N–H and O–H groups in total. The Bertz CT molecular complexity index is 606. The summed E-state index contributed by atoms with van der Waals surface area (Å²) in [5.41, 5.74) is 1.20. The first kappa shape index (κ1) is 13.2. The minimum absolute atomic E-state index is 0.0136. The summed E-state index contributed by atoms with van der Waals surface area (Å²) in [5, 5.41) is 14.0. The normalized spacial score (nSPS) is 10.0. The van der Waals surface area contributed by atoms with Gasteiger partial charge in [-0.25, -0.2) is 4.79 Å². The zero-order chi connectivity index (χ0) is 13.8. The van der Waals surface area contributed by atoms with E-state index in [1.807, 2.05) is 0 Å². The lowest BCUT2D eigenvalue weighted by atomic mass is 10.1. The van der Waals surface area contributed by atoms with Crippen molar-refractivity contribution in [3.05, 3.63) is 34.8 Å². The lowest BCUT2D eigenvalue weighted by Gasteiger charge is -2.05. The second-order valence-corrected chi connectivity index (χ2v) is 5.02. The number of hydrogen-bond acceptors (Lipinski definition) is 5. The molecule has 0 aliphatic carbocycles. The topological polar surface area (TPSA) is 84.0 Å². The summed E-state index contributed by atoms with van der Waals surface area (Å²) in [5.74, 6) is -0.0136. The fraction of sp³-hybridized carbons (Fsp3) is 0.167. The van der Waals surface area contributed by atoms with Gasteiger partial charge < -0.3 is 5.32 Å². The van der Waals surface area contributed by atoms with Gasteiger partial charge in [-0.15, -0.1) is 10.2 Å². The van der Waals surface area contributed by atoms with E-state index in [-0.39, 0.29) is 5.78 Å². The van der Waals surface area contributed by atoms with Crippen LogP contribution in [0.3, 0.4) is 0 Å². The van der Waals surface area contributed by atoms with E-state index >= 15 is 0 Å². The zero-order valence-corrected chi connectivity index (χ0v) is 11.2. The Morgan fingerprint density at radius 1 is 1.11 bits per heavy atom. The van der Waals surface area contributed by atoms with E-state index in [9.17, 15) is 9.59 Å². The monoisotopic (exact) mass is 276 g/mol. The number of nitrogens with one attached hydrogen (secondary N) is 2. The maximum atomic E-state index is 11.7. The molecule has 1 heterocycles. The van der Waals surface area contributed by atoms with E-state index in [4.69, 9.17) is 0 Å². The van der Waals surface area contributed by atoms with E-state index in [2.05, 4.69) is 20.8 Å². The van der Waals surface area contributed by atoms with E-state index < -0.39 is 6.03 Å². The van der Waals surface area contributed by atoms with Crippen molar-refractivity contribution in [2.45, 2.75) is 13.8 Å². The maximum absolute atomic E-state index is 11.7. The van der Waals surface area contributed by atoms with Crippen LogP contribution in [0.25, 0.3) is 0 Å². The molecule has 0 radical (unpaired) electrons. The highest BCUT2D eigenvalue weighted by Crippen LogP contribution is 2.15. The molecular formula is C12H12N4O2S. The number of ketones is 1. The van der Waals surface area contributed by atoms with Crippen LogP contribution in [-0.4, -0.2) is 22.0 Å². The molecular weight excluding hydrogens is 264 g/mol. The van der Waals surface area contributed by atoms with Crippen molar-refractivity contribution in [1.82, 2.24) is 10.2 Å². The molecule has 98 valence electrons. The molecule has 0 saturated carbocycles. The molecule has 0 aliphatic rings.